The zero-order chi connectivity index (χ0) is 26.7. The Morgan fingerprint density at radius 2 is 1.36 bits per heavy atom. The molecule has 36 heavy (non-hydrogen) atoms. The van der Waals surface area contributed by atoms with Gasteiger partial charge in [0, 0.05) is 34.3 Å². The molecule has 1 saturated heterocycles. The van der Waals surface area contributed by atoms with Gasteiger partial charge in [0.05, 0.1) is 7.11 Å². The van der Waals surface area contributed by atoms with Gasteiger partial charge < -0.3 is 33.2 Å². The molecule has 2 rings (SSSR count). The van der Waals surface area contributed by atoms with Gasteiger partial charge in [-0.15, -0.1) is 0 Å². The first-order valence-electron chi connectivity index (χ1n) is 11.7. The van der Waals surface area contributed by atoms with Crippen molar-refractivity contribution in [2.24, 2.45) is 0 Å². The van der Waals surface area contributed by atoms with Crippen LogP contribution in [0.15, 0.2) is 24.3 Å². The summed E-state index contributed by atoms with van der Waals surface area (Å²) >= 11 is 0. The smallest absolute Gasteiger partial charge is 0.303 e. The lowest BCUT2D eigenvalue weighted by atomic mass is 9.98. The summed E-state index contributed by atoms with van der Waals surface area (Å²) in [6, 6.07) is 7.75. The molecule has 0 N–H and O–H groups in total. The largest absolute Gasteiger partial charge is 0.497 e. The molecule has 0 radical (unpaired) electrons. The number of carbonyl (C=O) groups excluding carboxylic acids is 4. The normalized spacial score (nSPS) is 23.3. The molecule has 1 aromatic carbocycles. The first-order chi connectivity index (χ1) is 17.1. The number of hydrogen-bond acceptors (Lipinski definition) is 11. The first-order valence-corrected chi connectivity index (χ1v) is 11.7. The molecule has 1 heterocycles. The predicted octanol–water partition coefficient (Wildman–Crippen LogP) is 2.12. The molecule has 1 aliphatic rings. The van der Waals surface area contributed by atoms with E-state index in [0.717, 1.165) is 24.2 Å². The van der Waals surface area contributed by atoms with Crippen molar-refractivity contribution < 1.29 is 52.3 Å². The van der Waals surface area contributed by atoms with Gasteiger partial charge in [-0.05, 0) is 37.0 Å². The van der Waals surface area contributed by atoms with Crippen LogP contribution in [0.25, 0.3) is 0 Å². The minimum Gasteiger partial charge on any atom is -0.497 e. The highest BCUT2D eigenvalue weighted by molar-refractivity contribution is 5.68. The molecule has 0 amide bonds. The number of esters is 4. The van der Waals surface area contributed by atoms with Crippen LogP contribution in [0, 0.1) is 0 Å². The third-order valence-corrected chi connectivity index (χ3v) is 5.25. The molecule has 1 fully saturated rings. The molecule has 0 aliphatic carbocycles. The summed E-state index contributed by atoms with van der Waals surface area (Å²) in [6.07, 6.45) is -3.59. The van der Waals surface area contributed by atoms with Crippen LogP contribution in [-0.4, -0.2) is 74.9 Å². The van der Waals surface area contributed by atoms with Crippen molar-refractivity contribution in [3.05, 3.63) is 29.8 Å². The van der Waals surface area contributed by atoms with E-state index in [2.05, 4.69) is 0 Å². The lowest BCUT2D eigenvalue weighted by Gasteiger charge is -2.44. The molecular weight excluding hydrogens is 476 g/mol. The van der Waals surface area contributed by atoms with E-state index in [-0.39, 0.29) is 13.2 Å². The quantitative estimate of drug-likeness (QED) is 0.233. The van der Waals surface area contributed by atoms with Crippen LogP contribution in [0.1, 0.15) is 46.1 Å². The molecular formula is C25H34O11. The average Bonchev–Trinajstić information content (AvgIpc) is 2.80. The maximum atomic E-state index is 11.9. The Labute approximate surface area is 210 Å². The van der Waals surface area contributed by atoms with E-state index in [4.69, 9.17) is 33.2 Å². The van der Waals surface area contributed by atoms with Crippen LogP contribution < -0.4 is 4.74 Å². The lowest BCUT2D eigenvalue weighted by Crippen LogP contribution is -2.63. The summed E-state index contributed by atoms with van der Waals surface area (Å²) in [5.41, 5.74) is 1.14. The van der Waals surface area contributed by atoms with Gasteiger partial charge >= 0.3 is 23.9 Å². The summed E-state index contributed by atoms with van der Waals surface area (Å²) in [6.45, 7) is 4.68. The zero-order valence-electron chi connectivity index (χ0n) is 21.2. The summed E-state index contributed by atoms with van der Waals surface area (Å²) in [4.78, 5) is 46.8. The number of carbonyl (C=O) groups is 4. The molecule has 0 spiro atoms. The maximum absolute atomic E-state index is 11.9. The second-order valence-corrected chi connectivity index (χ2v) is 8.24. The Morgan fingerprint density at radius 3 is 1.92 bits per heavy atom. The second kappa shape index (κ2) is 14.4. The van der Waals surface area contributed by atoms with Crippen LogP contribution in [0.3, 0.4) is 0 Å². The predicted molar refractivity (Wildman–Crippen MR) is 124 cm³/mol. The van der Waals surface area contributed by atoms with Crippen molar-refractivity contribution in [3.8, 4) is 5.75 Å². The molecule has 11 heteroatoms. The van der Waals surface area contributed by atoms with Gasteiger partial charge in [0.25, 0.3) is 0 Å². The van der Waals surface area contributed by atoms with E-state index in [0.29, 0.717) is 6.42 Å². The Bertz CT molecular complexity index is 882. The van der Waals surface area contributed by atoms with Crippen LogP contribution >= 0.6 is 0 Å². The summed E-state index contributed by atoms with van der Waals surface area (Å²) in [7, 11) is 1.61. The Balaban J connectivity index is 2.11. The Kier molecular flexibility index (Phi) is 11.6. The SMILES string of the molecule is COc1ccc(CCCCO[C@H]2O[C@@H](COC(C)=O)[C@H](OC(C)=O)[C@@H](OC(C)=O)[C@@H]2OC(C)=O)cc1. The molecule has 0 unspecified atom stereocenters. The van der Waals surface area contributed by atoms with Gasteiger partial charge in [-0.25, -0.2) is 0 Å². The average molecular weight is 511 g/mol. The molecule has 5 atom stereocenters. The highest BCUT2D eigenvalue weighted by Gasteiger charge is 2.52. The van der Waals surface area contributed by atoms with E-state index < -0.39 is 54.6 Å². The Hall–Kier alpha value is -3.18. The van der Waals surface area contributed by atoms with E-state index in [1.54, 1.807) is 7.11 Å². The number of ether oxygens (including phenoxy) is 7. The monoisotopic (exact) mass is 510 g/mol. The van der Waals surface area contributed by atoms with Gasteiger partial charge in [0.2, 0.25) is 0 Å². The highest BCUT2D eigenvalue weighted by atomic mass is 16.7. The van der Waals surface area contributed by atoms with Crippen molar-refractivity contribution in [3.63, 3.8) is 0 Å². The van der Waals surface area contributed by atoms with Crippen LogP contribution in [0.2, 0.25) is 0 Å². The third kappa shape index (κ3) is 9.46. The molecule has 200 valence electrons. The van der Waals surface area contributed by atoms with Gasteiger partial charge in [-0.1, -0.05) is 12.1 Å². The molecule has 1 aromatic rings. The zero-order valence-corrected chi connectivity index (χ0v) is 21.2. The highest BCUT2D eigenvalue weighted by Crippen LogP contribution is 2.30. The van der Waals surface area contributed by atoms with Crippen molar-refractivity contribution in [1.82, 2.24) is 0 Å². The second-order valence-electron chi connectivity index (χ2n) is 8.24. The molecule has 1 aliphatic heterocycles. The van der Waals surface area contributed by atoms with E-state index in [9.17, 15) is 19.2 Å². The van der Waals surface area contributed by atoms with Crippen molar-refractivity contribution in [2.45, 2.75) is 77.7 Å². The number of unbranched alkanes of at least 4 members (excludes halogenated alkanes) is 1. The van der Waals surface area contributed by atoms with Crippen molar-refractivity contribution in [2.75, 3.05) is 20.3 Å². The lowest BCUT2D eigenvalue weighted by molar-refractivity contribution is -0.308. The number of aryl methyl sites for hydroxylation is 1. The van der Waals surface area contributed by atoms with Crippen molar-refractivity contribution >= 4 is 23.9 Å². The molecule has 0 aromatic heterocycles. The summed E-state index contributed by atoms with van der Waals surface area (Å²) in [5, 5.41) is 0. The van der Waals surface area contributed by atoms with Gasteiger partial charge in [0.15, 0.2) is 24.6 Å². The number of rotatable bonds is 12. The van der Waals surface area contributed by atoms with Gasteiger partial charge in [-0.2, -0.15) is 0 Å². The maximum Gasteiger partial charge on any atom is 0.303 e. The summed E-state index contributed by atoms with van der Waals surface area (Å²) in [5.74, 6) is -1.85. The molecule has 0 bridgehead atoms. The van der Waals surface area contributed by atoms with E-state index >= 15 is 0 Å². The fourth-order valence-electron chi connectivity index (χ4n) is 3.75. The van der Waals surface area contributed by atoms with E-state index in [1.807, 2.05) is 24.3 Å². The van der Waals surface area contributed by atoms with Gasteiger partial charge in [-0.3, -0.25) is 19.2 Å². The summed E-state index contributed by atoms with van der Waals surface area (Å²) < 4.78 is 38.1. The van der Waals surface area contributed by atoms with Crippen LogP contribution in [0.4, 0.5) is 0 Å². The number of benzene rings is 1. The minimum absolute atomic E-state index is 0.240. The number of hydrogen-bond donors (Lipinski definition) is 0. The fourth-order valence-corrected chi connectivity index (χ4v) is 3.75. The topological polar surface area (TPSA) is 133 Å². The molecule has 0 saturated carbocycles. The standard InChI is InChI=1S/C25H34O11/c1-15(26)32-14-21-22(33-16(2)27)23(34-17(3)28)24(35-18(4)29)25(36-21)31-13-7-6-8-19-9-11-20(30-5)12-10-19/h9-12,21-25H,6-8,13-14H2,1-5H3/t21-,22-,23+,24-,25-/m0/s1. The van der Waals surface area contributed by atoms with Crippen LogP contribution in [0.5, 0.6) is 5.75 Å². The van der Waals surface area contributed by atoms with Crippen molar-refractivity contribution in [1.29, 1.82) is 0 Å². The minimum atomic E-state index is -1.24. The first kappa shape index (κ1) is 29.1. The number of methoxy groups -OCH3 is 1. The van der Waals surface area contributed by atoms with Crippen LogP contribution in [-0.2, 0) is 54.0 Å². The fraction of sp³-hybridized carbons (Fsp3) is 0.600. The molecule has 11 nitrogen and oxygen atoms in total. The van der Waals surface area contributed by atoms with E-state index in [1.165, 1.54) is 27.7 Å². The van der Waals surface area contributed by atoms with Gasteiger partial charge in [0.1, 0.15) is 18.5 Å². The third-order valence-electron chi connectivity index (χ3n) is 5.25. The Morgan fingerprint density at radius 1 is 0.778 bits per heavy atom.